The molecule has 0 radical (unpaired) electrons. The lowest BCUT2D eigenvalue weighted by molar-refractivity contribution is -0.212. The van der Waals surface area contributed by atoms with Crippen LogP contribution in [0.5, 0.6) is 5.75 Å². The van der Waals surface area contributed by atoms with Crippen molar-refractivity contribution in [3.8, 4) is 17.0 Å². The van der Waals surface area contributed by atoms with Crippen LogP contribution in [-0.2, 0) is 0 Å². The number of benzene rings is 2. The molecule has 156 valence electrons. The fourth-order valence-corrected chi connectivity index (χ4v) is 4.04. The molecular formula is C22H20N6O2S. The van der Waals surface area contributed by atoms with Crippen molar-refractivity contribution in [2.75, 3.05) is 28.3 Å². The van der Waals surface area contributed by atoms with E-state index in [4.69, 9.17) is 4.74 Å². The molecule has 0 bridgehead atoms. The van der Waals surface area contributed by atoms with Gasteiger partial charge in [0.15, 0.2) is 5.82 Å². The van der Waals surface area contributed by atoms with Crippen LogP contribution in [-0.4, -0.2) is 48.9 Å². The van der Waals surface area contributed by atoms with Crippen LogP contribution in [0, 0.1) is 11.3 Å². The number of methoxy groups -OCH3 is 1. The Balaban J connectivity index is 1.63. The highest BCUT2D eigenvalue weighted by molar-refractivity contribution is 7.20. The molecule has 0 saturated heterocycles. The predicted octanol–water partition coefficient (Wildman–Crippen LogP) is 3.00. The Kier molecular flexibility index (Phi) is 5.19. The lowest BCUT2D eigenvalue weighted by atomic mass is 10.1. The van der Waals surface area contributed by atoms with Gasteiger partial charge in [0.25, 0.3) is 0 Å². The number of fused-ring (bicyclic) bond motifs is 1. The van der Waals surface area contributed by atoms with Crippen LogP contribution < -0.4 is 14.3 Å². The average molecular weight is 433 g/mol. The fraction of sp³-hybridized carbons (Fsp3) is 0.182. The Morgan fingerprint density at radius 3 is 2.71 bits per heavy atom. The van der Waals surface area contributed by atoms with Crippen LogP contribution in [0.15, 0.2) is 53.7 Å². The van der Waals surface area contributed by atoms with Crippen LogP contribution in [0.4, 0.5) is 11.5 Å². The Bertz CT molecular complexity index is 1340. The zero-order valence-corrected chi connectivity index (χ0v) is 18.3. The number of hydrogen-bond donors (Lipinski definition) is 0. The quantitative estimate of drug-likeness (QED) is 0.274. The van der Waals surface area contributed by atoms with E-state index in [0.717, 1.165) is 21.7 Å². The van der Waals surface area contributed by atoms with Crippen molar-refractivity contribution in [1.29, 1.82) is 5.26 Å². The van der Waals surface area contributed by atoms with Crippen molar-refractivity contribution in [3.05, 3.63) is 59.8 Å². The van der Waals surface area contributed by atoms with Gasteiger partial charge in [-0.25, -0.2) is 14.7 Å². The largest absolute Gasteiger partial charge is 0.858 e. The zero-order valence-electron chi connectivity index (χ0n) is 17.5. The van der Waals surface area contributed by atoms with Gasteiger partial charge in [0, 0.05) is 18.3 Å². The van der Waals surface area contributed by atoms with Crippen molar-refractivity contribution in [3.63, 3.8) is 0 Å². The van der Waals surface area contributed by atoms with Crippen molar-refractivity contribution >= 4 is 39.0 Å². The maximum Gasteiger partial charge on any atom is 0.211 e. The third kappa shape index (κ3) is 4.12. The molecule has 0 aliphatic heterocycles. The monoisotopic (exact) mass is 432 g/mol. The molecule has 0 amide bonds. The molecule has 2 aromatic carbocycles. The molecule has 2 heterocycles. The SMILES string of the molecule is COc1ccc2nc(-n3ccc(N=C([O-])c4ccc([N+](C)(C)C)c(C#N)c4)n3)sc2c1. The van der Waals surface area contributed by atoms with Gasteiger partial charge >= 0.3 is 0 Å². The second-order valence-electron chi connectivity index (χ2n) is 7.72. The van der Waals surface area contributed by atoms with Gasteiger partial charge in [-0.1, -0.05) is 11.3 Å². The molecule has 0 atom stereocenters. The summed E-state index contributed by atoms with van der Waals surface area (Å²) in [4.78, 5) is 8.66. The topological polar surface area (TPSA) is 99.1 Å². The molecule has 0 unspecified atom stereocenters. The molecule has 0 N–H and O–H groups in total. The molecule has 0 aliphatic rings. The lowest BCUT2D eigenvalue weighted by Crippen LogP contribution is -2.35. The van der Waals surface area contributed by atoms with Gasteiger partial charge in [0.1, 0.15) is 23.1 Å². The lowest BCUT2D eigenvalue weighted by Gasteiger charge is -2.25. The summed E-state index contributed by atoms with van der Waals surface area (Å²) in [5.74, 6) is 0.581. The number of thiazole rings is 1. The standard InChI is InChI=1S/C22H20N6O2S/c1-28(2,3)18-8-5-14(11-15(18)13-23)21(29)25-20-9-10-27(26-20)22-24-17-7-6-16(30-4)12-19(17)31-22/h5-12H,1-4H3. The van der Waals surface area contributed by atoms with E-state index in [1.807, 2.05) is 39.3 Å². The Morgan fingerprint density at radius 1 is 1.19 bits per heavy atom. The zero-order chi connectivity index (χ0) is 22.2. The van der Waals surface area contributed by atoms with Gasteiger partial charge in [-0.05, 0) is 41.8 Å². The Hall–Kier alpha value is -3.74. The van der Waals surface area contributed by atoms with Crippen LogP contribution >= 0.6 is 11.3 Å². The number of aliphatic imine (C=N–C) groups is 1. The van der Waals surface area contributed by atoms with Gasteiger partial charge in [0.2, 0.25) is 5.13 Å². The summed E-state index contributed by atoms with van der Waals surface area (Å²) in [6.07, 6.45) is 1.71. The van der Waals surface area contributed by atoms with Crippen LogP contribution in [0.2, 0.25) is 0 Å². The molecule has 4 rings (SSSR count). The minimum atomic E-state index is -0.455. The van der Waals surface area contributed by atoms with Gasteiger partial charge in [-0.15, -0.1) is 5.10 Å². The summed E-state index contributed by atoms with van der Waals surface area (Å²) in [7, 11) is 7.52. The smallest absolute Gasteiger partial charge is 0.211 e. The third-order valence-electron chi connectivity index (χ3n) is 4.66. The highest BCUT2D eigenvalue weighted by Crippen LogP contribution is 2.29. The molecule has 4 aromatic rings. The van der Waals surface area contributed by atoms with Crippen molar-refractivity contribution in [2.45, 2.75) is 0 Å². The summed E-state index contributed by atoms with van der Waals surface area (Å²) in [5.41, 5.74) is 2.46. The molecule has 2 aromatic heterocycles. The highest BCUT2D eigenvalue weighted by atomic mass is 32.1. The molecule has 8 nitrogen and oxygen atoms in total. The van der Waals surface area contributed by atoms with E-state index in [9.17, 15) is 10.4 Å². The summed E-state index contributed by atoms with van der Waals surface area (Å²) in [6.45, 7) is 0. The molecular weight excluding hydrogens is 412 g/mol. The summed E-state index contributed by atoms with van der Waals surface area (Å²) in [5, 5.41) is 27.1. The number of nitriles is 1. The molecule has 0 spiro atoms. The number of rotatable bonds is 5. The van der Waals surface area contributed by atoms with Crippen LogP contribution in [0.25, 0.3) is 15.3 Å². The molecule has 0 aliphatic carbocycles. The van der Waals surface area contributed by atoms with E-state index in [2.05, 4.69) is 21.1 Å². The first kappa shape index (κ1) is 20.5. The van der Waals surface area contributed by atoms with Gasteiger partial charge in [-0.2, -0.15) is 5.26 Å². The highest BCUT2D eigenvalue weighted by Gasteiger charge is 2.18. The van der Waals surface area contributed by atoms with Gasteiger partial charge < -0.3 is 9.84 Å². The van der Waals surface area contributed by atoms with E-state index < -0.39 is 5.90 Å². The van der Waals surface area contributed by atoms with E-state index in [0.29, 0.717) is 20.7 Å². The number of ether oxygens (including phenoxy) is 1. The maximum atomic E-state index is 12.6. The number of quaternary nitrogens is 1. The van der Waals surface area contributed by atoms with E-state index >= 15 is 0 Å². The van der Waals surface area contributed by atoms with Crippen molar-refractivity contribution < 1.29 is 9.84 Å². The van der Waals surface area contributed by atoms with Crippen LogP contribution in [0.1, 0.15) is 11.1 Å². The minimum Gasteiger partial charge on any atom is -0.858 e. The second kappa shape index (κ2) is 7.83. The number of hydrogen-bond acceptors (Lipinski definition) is 7. The maximum absolute atomic E-state index is 12.6. The Labute approximate surface area is 183 Å². The van der Waals surface area contributed by atoms with Gasteiger partial charge in [-0.3, -0.25) is 4.48 Å². The predicted molar refractivity (Wildman–Crippen MR) is 120 cm³/mol. The minimum absolute atomic E-state index is 0.274. The molecule has 0 fully saturated rings. The first-order chi connectivity index (χ1) is 14.8. The first-order valence-electron chi connectivity index (χ1n) is 9.41. The third-order valence-corrected chi connectivity index (χ3v) is 5.67. The van der Waals surface area contributed by atoms with E-state index in [1.165, 1.54) is 11.3 Å². The fourth-order valence-electron chi connectivity index (χ4n) is 3.11. The average Bonchev–Trinajstić information content (AvgIpc) is 3.38. The molecule has 9 heteroatoms. The Morgan fingerprint density at radius 2 is 2.00 bits per heavy atom. The van der Waals surface area contributed by atoms with Crippen molar-refractivity contribution in [2.24, 2.45) is 4.99 Å². The van der Waals surface area contributed by atoms with Crippen LogP contribution in [0.3, 0.4) is 0 Å². The normalized spacial score (nSPS) is 12.2. The molecule has 0 saturated carbocycles. The summed E-state index contributed by atoms with van der Waals surface area (Å²) >= 11 is 1.46. The van der Waals surface area contributed by atoms with Gasteiger partial charge in [0.05, 0.1) is 38.5 Å². The van der Waals surface area contributed by atoms with E-state index in [1.54, 1.807) is 42.3 Å². The number of aromatic nitrogens is 3. The van der Waals surface area contributed by atoms with E-state index in [-0.39, 0.29) is 5.82 Å². The summed E-state index contributed by atoms with van der Waals surface area (Å²) < 4.78 is 8.29. The van der Waals surface area contributed by atoms with Crippen molar-refractivity contribution in [1.82, 2.24) is 19.2 Å². The molecule has 31 heavy (non-hydrogen) atoms. The number of nitrogens with zero attached hydrogens (tertiary/aromatic N) is 6. The first-order valence-corrected chi connectivity index (χ1v) is 10.2. The second-order valence-corrected chi connectivity index (χ2v) is 8.73. The summed E-state index contributed by atoms with van der Waals surface area (Å²) in [6, 6.07) is 14.5.